The fourth-order valence-electron chi connectivity index (χ4n) is 7.83. The van der Waals surface area contributed by atoms with Crippen LogP contribution in [0.15, 0.2) is 94.9 Å². The lowest BCUT2D eigenvalue weighted by atomic mass is 9.83. The predicted molar refractivity (Wildman–Crippen MR) is 229 cm³/mol. The Morgan fingerprint density at radius 3 is 2.23 bits per heavy atom. The number of nitrogens with one attached hydrogen (secondary N) is 3. The summed E-state index contributed by atoms with van der Waals surface area (Å²) in [5, 5.41) is 37.3. The van der Waals surface area contributed by atoms with Gasteiger partial charge in [-0.3, -0.25) is 14.3 Å². The van der Waals surface area contributed by atoms with Crippen molar-refractivity contribution in [3.05, 3.63) is 141 Å². The molecule has 3 heterocycles. The van der Waals surface area contributed by atoms with Crippen LogP contribution in [0.5, 0.6) is 0 Å². The van der Waals surface area contributed by atoms with E-state index in [0.29, 0.717) is 48.3 Å². The minimum atomic E-state index is -4.87. The SMILES string of the molecule is Cn1ncnc1[C@H]1c2n[nH]c(=O)c3cc(F)cc(c23)N[C@@H]1c1ccc(CCCCOCCCCc2ccc(S(=O)(=O)C[C@](C)(O)C(=O)Nc3ccc(C#N)c(C(F)(F)F)c3)cc2)cc1. The molecule has 0 aliphatic carbocycles. The Hall–Kier alpha value is -6.49. The number of aliphatic hydroxyl groups is 1. The van der Waals surface area contributed by atoms with Crippen LogP contribution in [0, 0.1) is 17.1 Å². The fraction of sp³-hybridized carbons (Fsp3) is 0.333. The normalized spacial score (nSPS) is 15.9. The molecule has 0 spiro atoms. The highest BCUT2D eigenvalue weighted by Gasteiger charge is 2.39. The molecular weight excluding hydrogens is 857 g/mol. The van der Waals surface area contributed by atoms with Crippen LogP contribution in [0.1, 0.15) is 83.9 Å². The molecule has 7 rings (SSSR count). The van der Waals surface area contributed by atoms with Crippen LogP contribution in [-0.4, -0.2) is 69.0 Å². The number of rotatable bonds is 17. The Kier molecular flexibility index (Phi) is 13.3. The van der Waals surface area contributed by atoms with Gasteiger partial charge in [-0.1, -0.05) is 36.4 Å². The summed E-state index contributed by atoms with van der Waals surface area (Å²) >= 11 is 0. The second kappa shape index (κ2) is 18.7. The summed E-state index contributed by atoms with van der Waals surface area (Å²) in [7, 11) is -2.40. The Morgan fingerprint density at radius 1 is 0.969 bits per heavy atom. The summed E-state index contributed by atoms with van der Waals surface area (Å²) < 4.78 is 88.4. The number of hydrogen-bond donors (Lipinski definition) is 4. The highest BCUT2D eigenvalue weighted by Crippen LogP contribution is 2.46. The first-order valence-electron chi connectivity index (χ1n) is 20.4. The molecule has 0 fully saturated rings. The molecule has 1 aliphatic heterocycles. The molecule has 0 bridgehead atoms. The lowest BCUT2D eigenvalue weighted by Crippen LogP contribution is -2.45. The highest BCUT2D eigenvalue weighted by molar-refractivity contribution is 7.91. The molecule has 0 saturated carbocycles. The topological polar surface area (TPSA) is 205 Å². The van der Waals surface area contributed by atoms with Crippen LogP contribution < -0.4 is 16.2 Å². The number of amides is 1. The van der Waals surface area contributed by atoms with Gasteiger partial charge in [0.05, 0.1) is 50.9 Å². The quantitative estimate of drug-likeness (QED) is 0.0547. The van der Waals surface area contributed by atoms with Crippen molar-refractivity contribution in [3.63, 3.8) is 0 Å². The molecule has 3 atom stereocenters. The summed E-state index contributed by atoms with van der Waals surface area (Å²) in [4.78, 5) is 29.7. The average Bonchev–Trinajstić information content (AvgIpc) is 3.68. The second-order valence-corrected chi connectivity index (χ2v) is 17.9. The zero-order chi connectivity index (χ0) is 45.8. The van der Waals surface area contributed by atoms with Crippen molar-refractivity contribution >= 4 is 37.9 Å². The molecule has 4 aromatic carbocycles. The van der Waals surface area contributed by atoms with Crippen molar-refractivity contribution in [3.8, 4) is 6.07 Å². The van der Waals surface area contributed by atoms with E-state index in [0.717, 1.165) is 67.9 Å². The predicted octanol–water partition coefficient (Wildman–Crippen LogP) is 6.91. The fourth-order valence-corrected chi connectivity index (χ4v) is 9.42. The van der Waals surface area contributed by atoms with E-state index in [1.54, 1.807) is 23.9 Å². The minimum Gasteiger partial charge on any atom is -0.381 e. The van der Waals surface area contributed by atoms with Crippen molar-refractivity contribution in [1.82, 2.24) is 25.0 Å². The van der Waals surface area contributed by atoms with Crippen molar-refractivity contribution in [2.75, 3.05) is 29.6 Å². The molecule has 334 valence electrons. The van der Waals surface area contributed by atoms with Crippen LogP contribution >= 0.6 is 0 Å². The van der Waals surface area contributed by atoms with Crippen LogP contribution in [0.3, 0.4) is 0 Å². The number of benzene rings is 4. The van der Waals surface area contributed by atoms with Gasteiger partial charge in [0.2, 0.25) is 0 Å². The van der Waals surface area contributed by atoms with E-state index in [4.69, 9.17) is 10.00 Å². The minimum absolute atomic E-state index is 0.131. The monoisotopic (exact) mass is 900 g/mol. The van der Waals surface area contributed by atoms with Gasteiger partial charge in [-0.05, 0) is 105 Å². The maximum Gasteiger partial charge on any atom is 0.417 e. The number of aromatic nitrogens is 5. The van der Waals surface area contributed by atoms with Crippen molar-refractivity contribution in [2.45, 2.75) is 74.1 Å². The lowest BCUT2D eigenvalue weighted by molar-refractivity contribution is -0.137. The number of carbonyl (C=O) groups excluding carboxylic acids is 1. The molecule has 4 N–H and O–H groups in total. The van der Waals surface area contributed by atoms with E-state index in [9.17, 15) is 40.7 Å². The van der Waals surface area contributed by atoms with Gasteiger partial charge in [0.1, 0.15) is 18.0 Å². The number of halogens is 4. The summed E-state index contributed by atoms with van der Waals surface area (Å²) in [6.07, 6.45) is 1.42. The largest absolute Gasteiger partial charge is 0.417 e. The molecule has 6 aromatic rings. The number of H-pyrrole nitrogens is 1. The summed E-state index contributed by atoms with van der Waals surface area (Å²) in [6, 6.07) is 20.4. The number of nitrogens with zero attached hydrogens (tertiary/aromatic N) is 5. The molecule has 14 nitrogen and oxygen atoms in total. The number of hydrogen-bond acceptors (Lipinski definition) is 11. The first-order valence-corrected chi connectivity index (χ1v) is 22.1. The molecule has 0 radical (unpaired) electrons. The first-order chi connectivity index (χ1) is 30.4. The van der Waals surface area contributed by atoms with E-state index >= 15 is 0 Å². The van der Waals surface area contributed by atoms with Crippen molar-refractivity contribution in [2.24, 2.45) is 7.05 Å². The third kappa shape index (κ3) is 10.1. The Balaban J connectivity index is 0.832. The maximum atomic E-state index is 14.6. The number of ether oxygens (including phenoxy) is 1. The van der Waals surface area contributed by atoms with E-state index in [2.05, 4.69) is 43.0 Å². The smallest absolute Gasteiger partial charge is 0.381 e. The van der Waals surface area contributed by atoms with Crippen LogP contribution in [0.25, 0.3) is 10.8 Å². The van der Waals surface area contributed by atoms with Gasteiger partial charge >= 0.3 is 6.18 Å². The number of anilines is 2. The first kappa shape index (κ1) is 45.5. The summed E-state index contributed by atoms with van der Waals surface area (Å²) in [5.41, 5.74) is -1.25. The van der Waals surface area contributed by atoms with Gasteiger partial charge in [-0.15, -0.1) is 0 Å². The molecule has 2 aromatic heterocycles. The van der Waals surface area contributed by atoms with Gasteiger partial charge in [0, 0.05) is 37.0 Å². The molecule has 1 aliphatic rings. The van der Waals surface area contributed by atoms with Crippen molar-refractivity contribution < 1.29 is 40.6 Å². The van der Waals surface area contributed by atoms with Crippen LogP contribution in [-0.2, 0) is 45.4 Å². The summed E-state index contributed by atoms with van der Waals surface area (Å²) in [6.45, 7) is 2.10. The number of alkyl halides is 3. The third-order valence-electron chi connectivity index (χ3n) is 11.1. The molecular formula is C45H44F4N8O6S. The molecule has 0 unspecified atom stereocenters. The molecule has 1 amide bonds. The number of unbranched alkanes of at least 4 members (excludes halogenated alkanes) is 2. The van der Waals surface area contributed by atoms with Gasteiger partial charge in [-0.25, -0.2) is 22.9 Å². The Morgan fingerprint density at radius 2 is 1.62 bits per heavy atom. The third-order valence-corrected chi connectivity index (χ3v) is 13.1. The lowest BCUT2D eigenvalue weighted by Gasteiger charge is -2.33. The van der Waals surface area contributed by atoms with Crippen LogP contribution in [0.2, 0.25) is 0 Å². The highest BCUT2D eigenvalue weighted by atomic mass is 32.2. The molecule has 0 saturated heterocycles. The van der Waals surface area contributed by atoms with Crippen molar-refractivity contribution in [1.29, 1.82) is 5.26 Å². The number of sulfone groups is 1. The van der Waals surface area contributed by atoms with Gasteiger partial charge in [-0.2, -0.15) is 28.6 Å². The number of aromatic amines is 1. The maximum absolute atomic E-state index is 14.6. The standard InChI is InChI=1S/C45H44F4N8O6S/c1-44(60,43(59)53-32-16-15-30(24-50)35(23-32)45(47,48)49)25-64(61,62)33-17-11-28(12-18-33)8-4-6-20-63-19-5-3-7-27-9-13-29(14-10-27)39-38(41-51-26-52-57(41)2)40-37-34(42(58)56-55-40)21-31(46)22-36(37)54-39/h9-18,21-23,26,38-39,54,60H,3-8,19-20,25H2,1-2H3,(H,53,59)(H,56,58)/t38-,39-,44+/m1/s1. The molecule has 64 heavy (non-hydrogen) atoms. The Labute approximate surface area is 365 Å². The van der Waals surface area contributed by atoms with E-state index in [1.165, 1.54) is 36.7 Å². The number of aryl methyl sites for hydroxylation is 3. The van der Waals surface area contributed by atoms with E-state index < -0.39 is 61.7 Å². The summed E-state index contributed by atoms with van der Waals surface area (Å²) in [5.74, 6) is -2.57. The zero-order valence-electron chi connectivity index (χ0n) is 34.7. The number of carbonyl (C=O) groups is 1. The van der Waals surface area contributed by atoms with E-state index in [-0.39, 0.29) is 22.0 Å². The number of nitriles is 1. The van der Waals surface area contributed by atoms with Gasteiger partial charge in [0.25, 0.3) is 11.5 Å². The van der Waals surface area contributed by atoms with Gasteiger partial charge < -0.3 is 20.5 Å². The second-order valence-electron chi connectivity index (χ2n) is 15.9. The van der Waals surface area contributed by atoms with Crippen LogP contribution in [0.4, 0.5) is 28.9 Å². The Bertz CT molecular complexity index is 2880. The average molecular weight is 901 g/mol. The van der Waals surface area contributed by atoms with Gasteiger partial charge in [0.15, 0.2) is 15.4 Å². The zero-order valence-corrected chi connectivity index (χ0v) is 35.6. The van der Waals surface area contributed by atoms with E-state index in [1.807, 2.05) is 12.1 Å². The molecule has 19 heteroatoms.